The molecule has 1 atom stereocenters. The van der Waals surface area contributed by atoms with Gasteiger partial charge in [-0.2, -0.15) is 0 Å². The normalized spacial score (nSPS) is 17.9. The van der Waals surface area contributed by atoms with Crippen LogP contribution in [0.25, 0.3) is 0 Å². The molecule has 0 bridgehead atoms. The van der Waals surface area contributed by atoms with Crippen molar-refractivity contribution in [2.45, 2.75) is 61.8 Å². The maximum atomic E-state index is 14.4. The smallest absolute Gasteiger partial charge is 0.257 e. The molecule has 1 saturated heterocycles. The first kappa shape index (κ1) is 24.6. The second-order valence-electron chi connectivity index (χ2n) is 9.27. The van der Waals surface area contributed by atoms with E-state index in [-0.39, 0.29) is 41.5 Å². The van der Waals surface area contributed by atoms with Crippen LogP contribution in [0.15, 0.2) is 59.9 Å². The monoisotopic (exact) mass is 515 g/mol. The lowest BCUT2D eigenvalue weighted by Gasteiger charge is -2.24. The number of hydrogen-bond acceptors (Lipinski definition) is 5. The largest absolute Gasteiger partial charge is 0.376 e. The van der Waals surface area contributed by atoms with E-state index in [1.165, 1.54) is 42.6 Å². The Morgan fingerprint density at radius 2 is 1.78 bits per heavy atom. The van der Waals surface area contributed by atoms with Gasteiger partial charge in [-0.25, -0.2) is 22.2 Å². The van der Waals surface area contributed by atoms with Crippen molar-refractivity contribution >= 4 is 15.7 Å². The van der Waals surface area contributed by atoms with Crippen LogP contribution in [0.2, 0.25) is 0 Å². The molecule has 36 heavy (non-hydrogen) atoms. The molecule has 3 aromatic rings. The fourth-order valence-electron chi connectivity index (χ4n) is 4.56. The van der Waals surface area contributed by atoms with Crippen molar-refractivity contribution in [3.63, 3.8) is 0 Å². The van der Waals surface area contributed by atoms with Crippen molar-refractivity contribution < 1.29 is 26.7 Å². The molecule has 5 rings (SSSR count). The Labute approximate surface area is 208 Å². The minimum atomic E-state index is -4.01. The fraction of sp³-hybridized carbons (Fsp3) is 0.385. The summed E-state index contributed by atoms with van der Waals surface area (Å²) in [6.45, 7) is 0.909. The molecule has 2 aliphatic rings. The van der Waals surface area contributed by atoms with E-state index < -0.39 is 33.1 Å². The second kappa shape index (κ2) is 10.1. The summed E-state index contributed by atoms with van der Waals surface area (Å²) in [6.07, 6.45) is 4.46. The first-order valence-electron chi connectivity index (χ1n) is 12.0. The number of nitrogens with zero attached hydrogens (tertiary/aromatic N) is 3. The van der Waals surface area contributed by atoms with E-state index in [0.29, 0.717) is 12.3 Å². The number of carbonyl (C=O) groups is 1. The summed E-state index contributed by atoms with van der Waals surface area (Å²) in [5.74, 6) is -2.19. The van der Waals surface area contributed by atoms with E-state index in [2.05, 4.69) is 4.98 Å². The highest BCUT2D eigenvalue weighted by Crippen LogP contribution is 2.31. The van der Waals surface area contributed by atoms with Crippen molar-refractivity contribution in [3.05, 3.63) is 83.2 Å². The summed E-state index contributed by atoms with van der Waals surface area (Å²) < 4.78 is 62.7. The van der Waals surface area contributed by atoms with Gasteiger partial charge in [0.1, 0.15) is 11.6 Å². The van der Waals surface area contributed by atoms with E-state index in [1.807, 2.05) is 0 Å². The van der Waals surface area contributed by atoms with Gasteiger partial charge in [0.2, 0.25) is 15.0 Å². The summed E-state index contributed by atoms with van der Waals surface area (Å²) in [4.78, 5) is 19.1. The average molecular weight is 516 g/mol. The maximum absolute atomic E-state index is 14.4. The van der Waals surface area contributed by atoms with Gasteiger partial charge in [0.05, 0.1) is 42.4 Å². The van der Waals surface area contributed by atoms with Crippen LogP contribution in [-0.2, 0) is 33.4 Å². The number of benzene rings is 2. The van der Waals surface area contributed by atoms with Gasteiger partial charge in [-0.3, -0.25) is 4.79 Å². The molecule has 0 radical (unpaired) electrons. The van der Waals surface area contributed by atoms with E-state index in [4.69, 9.17) is 4.74 Å². The van der Waals surface area contributed by atoms with Crippen LogP contribution >= 0.6 is 0 Å². The van der Waals surface area contributed by atoms with Crippen LogP contribution < -0.4 is 0 Å². The number of rotatable bonds is 9. The van der Waals surface area contributed by atoms with Crippen molar-refractivity contribution in [2.75, 3.05) is 6.61 Å². The predicted molar refractivity (Wildman–Crippen MR) is 128 cm³/mol. The molecule has 0 spiro atoms. The third kappa shape index (κ3) is 5.19. The number of carbonyl (C=O) groups excluding carboxylic acids is 1. The molecule has 0 N–H and O–H groups in total. The minimum absolute atomic E-state index is 0.0259. The second-order valence-corrected chi connectivity index (χ2v) is 11.2. The summed E-state index contributed by atoms with van der Waals surface area (Å²) in [7, 11) is -4.01. The first-order chi connectivity index (χ1) is 17.3. The zero-order valence-corrected chi connectivity index (χ0v) is 20.5. The van der Waals surface area contributed by atoms with Crippen molar-refractivity contribution in [2.24, 2.45) is 0 Å². The van der Waals surface area contributed by atoms with E-state index in [0.717, 1.165) is 25.7 Å². The molecule has 1 aliphatic heterocycles. The molecular weight excluding hydrogens is 488 g/mol. The van der Waals surface area contributed by atoms with Gasteiger partial charge in [0.25, 0.3) is 5.91 Å². The molecular formula is C26H27F2N3O4S. The SMILES string of the molecule is O=C(c1ccccc1F)N(Cc1cnc(S(=O)(=O)Cc2ccccc2F)n1C[C@H]1CCCO1)C1CC1. The highest BCUT2D eigenvalue weighted by atomic mass is 32.2. The Kier molecular flexibility index (Phi) is 6.90. The third-order valence-corrected chi connectivity index (χ3v) is 8.15. The standard InChI is InChI=1S/C26H27F2N3O4S/c27-23-9-3-1-6-18(23)17-36(33,34)26-29-14-20(31(26)16-21-7-5-13-35-21)15-30(19-11-12-19)25(32)22-8-2-4-10-24(22)28/h1-4,6,8-10,14,19,21H,5,7,11-13,15-17H2/t21-/m1/s1. The van der Waals surface area contributed by atoms with E-state index in [9.17, 15) is 22.0 Å². The van der Waals surface area contributed by atoms with Gasteiger partial charge in [-0.1, -0.05) is 30.3 Å². The summed E-state index contributed by atoms with van der Waals surface area (Å²) in [5, 5.41) is -0.189. The average Bonchev–Trinajstić information content (AvgIpc) is 3.41. The summed E-state index contributed by atoms with van der Waals surface area (Å²) >= 11 is 0. The third-order valence-electron chi connectivity index (χ3n) is 6.58. The van der Waals surface area contributed by atoms with Crippen LogP contribution in [0, 0.1) is 11.6 Å². The molecule has 1 amide bonds. The van der Waals surface area contributed by atoms with Gasteiger partial charge >= 0.3 is 0 Å². The van der Waals surface area contributed by atoms with Gasteiger partial charge < -0.3 is 14.2 Å². The molecule has 10 heteroatoms. The first-order valence-corrected chi connectivity index (χ1v) is 13.7. The molecule has 1 aromatic heterocycles. The van der Waals surface area contributed by atoms with Crippen molar-refractivity contribution in [1.82, 2.24) is 14.5 Å². The number of aromatic nitrogens is 2. The van der Waals surface area contributed by atoms with Gasteiger partial charge in [0, 0.05) is 18.2 Å². The van der Waals surface area contributed by atoms with E-state index in [1.54, 1.807) is 21.6 Å². The number of halogens is 2. The Balaban J connectivity index is 1.48. The number of sulfone groups is 1. The zero-order chi connectivity index (χ0) is 25.3. The quantitative estimate of drug-likeness (QED) is 0.428. The van der Waals surface area contributed by atoms with Crippen LogP contribution in [-0.4, -0.2) is 47.5 Å². The van der Waals surface area contributed by atoms with Crippen molar-refractivity contribution in [3.8, 4) is 0 Å². The Morgan fingerprint density at radius 3 is 2.44 bits per heavy atom. The molecule has 2 aromatic carbocycles. The highest BCUT2D eigenvalue weighted by molar-refractivity contribution is 7.90. The topological polar surface area (TPSA) is 81.5 Å². The molecule has 7 nitrogen and oxygen atoms in total. The van der Waals surface area contributed by atoms with Crippen molar-refractivity contribution in [1.29, 1.82) is 0 Å². The Hall–Kier alpha value is -3.11. The Bertz CT molecular complexity index is 1370. The van der Waals surface area contributed by atoms with Gasteiger partial charge in [-0.05, 0) is 43.9 Å². The van der Waals surface area contributed by atoms with Crippen LogP contribution in [0.5, 0.6) is 0 Å². The number of amides is 1. The minimum Gasteiger partial charge on any atom is -0.376 e. The summed E-state index contributed by atoms with van der Waals surface area (Å²) in [5.41, 5.74) is 0.538. The van der Waals surface area contributed by atoms with Crippen LogP contribution in [0.4, 0.5) is 8.78 Å². The lowest BCUT2D eigenvalue weighted by molar-refractivity contribution is 0.0713. The molecule has 2 heterocycles. The lowest BCUT2D eigenvalue weighted by Crippen LogP contribution is -2.34. The number of ether oxygens (including phenoxy) is 1. The van der Waals surface area contributed by atoms with Gasteiger partial charge in [-0.15, -0.1) is 0 Å². The molecule has 2 fully saturated rings. The number of hydrogen-bond donors (Lipinski definition) is 0. The molecule has 1 aliphatic carbocycles. The molecule has 190 valence electrons. The molecule has 1 saturated carbocycles. The zero-order valence-electron chi connectivity index (χ0n) is 19.6. The molecule has 0 unspecified atom stereocenters. The highest BCUT2D eigenvalue weighted by Gasteiger charge is 2.36. The van der Waals surface area contributed by atoms with Crippen LogP contribution in [0.3, 0.4) is 0 Å². The summed E-state index contributed by atoms with van der Waals surface area (Å²) in [6, 6.07) is 11.5. The van der Waals surface area contributed by atoms with Gasteiger partial charge in [0.15, 0.2) is 0 Å². The maximum Gasteiger partial charge on any atom is 0.257 e. The van der Waals surface area contributed by atoms with Crippen LogP contribution in [0.1, 0.15) is 47.3 Å². The van der Waals surface area contributed by atoms with E-state index >= 15 is 0 Å². The fourth-order valence-corrected chi connectivity index (χ4v) is 6.07. The predicted octanol–water partition coefficient (Wildman–Crippen LogP) is 4.12. The Morgan fingerprint density at radius 1 is 1.06 bits per heavy atom. The number of imidazole rings is 1. The lowest BCUT2D eigenvalue weighted by atomic mass is 10.1.